The molecule has 1 N–H and O–H groups in total. The first-order chi connectivity index (χ1) is 10.2. The maximum atomic E-state index is 4.22. The van der Waals surface area contributed by atoms with E-state index in [0.29, 0.717) is 0 Å². The van der Waals surface area contributed by atoms with E-state index < -0.39 is 0 Å². The van der Waals surface area contributed by atoms with Crippen LogP contribution < -0.4 is 5.32 Å². The Bertz CT molecular complexity index is 772. The van der Waals surface area contributed by atoms with Gasteiger partial charge in [0.2, 0.25) is 0 Å². The summed E-state index contributed by atoms with van der Waals surface area (Å²) >= 11 is 0. The zero-order valence-electron chi connectivity index (χ0n) is 12.7. The maximum Gasteiger partial charge on any atom is 0.0580 e. The van der Waals surface area contributed by atoms with E-state index in [1.54, 1.807) is 0 Å². The Morgan fingerprint density at radius 1 is 1.00 bits per heavy atom. The molecule has 3 rings (SSSR count). The summed E-state index contributed by atoms with van der Waals surface area (Å²) in [6.45, 7) is 4.32. The third kappa shape index (κ3) is 2.55. The topological polar surface area (TPSA) is 24.9 Å². The van der Waals surface area contributed by atoms with Crippen molar-refractivity contribution in [2.45, 2.75) is 19.9 Å². The van der Waals surface area contributed by atoms with Crippen molar-refractivity contribution < 1.29 is 0 Å². The molecule has 0 saturated heterocycles. The van der Waals surface area contributed by atoms with Crippen molar-refractivity contribution >= 4 is 10.8 Å². The predicted molar refractivity (Wildman–Crippen MR) is 88.6 cm³/mol. The summed E-state index contributed by atoms with van der Waals surface area (Å²) in [6.07, 6.45) is 3.78. The number of aromatic nitrogens is 1. The van der Waals surface area contributed by atoms with Crippen molar-refractivity contribution in [3.05, 3.63) is 77.1 Å². The average Bonchev–Trinajstić information content (AvgIpc) is 2.52. The molecular formula is C19H20N2. The van der Waals surface area contributed by atoms with Gasteiger partial charge in [-0.25, -0.2) is 0 Å². The highest BCUT2D eigenvalue weighted by molar-refractivity contribution is 5.85. The summed E-state index contributed by atoms with van der Waals surface area (Å²) in [7, 11) is 2.01. The summed E-state index contributed by atoms with van der Waals surface area (Å²) in [5.41, 5.74) is 5.25. The van der Waals surface area contributed by atoms with E-state index in [9.17, 15) is 0 Å². The van der Waals surface area contributed by atoms with Crippen molar-refractivity contribution in [3.63, 3.8) is 0 Å². The molecule has 2 nitrogen and oxygen atoms in total. The number of hydrogen-bond donors (Lipinski definition) is 1. The van der Waals surface area contributed by atoms with E-state index >= 15 is 0 Å². The zero-order valence-corrected chi connectivity index (χ0v) is 12.7. The Labute approximate surface area is 125 Å². The maximum absolute atomic E-state index is 4.22. The normalized spacial score (nSPS) is 12.5. The van der Waals surface area contributed by atoms with Gasteiger partial charge < -0.3 is 5.32 Å². The van der Waals surface area contributed by atoms with Gasteiger partial charge >= 0.3 is 0 Å². The van der Waals surface area contributed by atoms with Crippen LogP contribution in [0.4, 0.5) is 0 Å². The van der Waals surface area contributed by atoms with E-state index in [1.807, 2.05) is 19.4 Å². The van der Waals surface area contributed by atoms with E-state index in [1.165, 1.54) is 33.0 Å². The van der Waals surface area contributed by atoms with Gasteiger partial charge in [0.25, 0.3) is 0 Å². The van der Waals surface area contributed by atoms with Crippen LogP contribution in [-0.4, -0.2) is 12.0 Å². The van der Waals surface area contributed by atoms with Gasteiger partial charge in [0.05, 0.1) is 6.04 Å². The fourth-order valence-electron chi connectivity index (χ4n) is 2.85. The largest absolute Gasteiger partial charge is 0.309 e. The van der Waals surface area contributed by atoms with Crippen LogP contribution in [0.1, 0.15) is 28.3 Å². The molecule has 106 valence electrons. The molecule has 0 fully saturated rings. The Morgan fingerprint density at radius 3 is 2.62 bits per heavy atom. The van der Waals surface area contributed by atoms with Crippen molar-refractivity contribution in [3.8, 4) is 0 Å². The number of nitrogens with zero attached hydrogens (tertiary/aromatic N) is 1. The molecule has 0 aliphatic rings. The molecule has 1 unspecified atom stereocenters. The van der Waals surface area contributed by atoms with Gasteiger partial charge in [0, 0.05) is 17.8 Å². The van der Waals surface area contributed by atoms with Gasteiger partial charge in [-0.3, -0.25) is 4.98 Å². The molecule has 0 aliphatic heterocycles. The minimum absolute atomic E-state index is 0.190. The van der Waals surface area contributed by atoms with Crippen molar-refractivity contribution in [2.24, 2.45) is 0 Å². The molecule has 0 aliphatic carbocycles. The summed E-state index contributed by atoms with van der Waals surface area (Å²) in [5.74, 6) is 0. The Balaban J connectivity index is 2.16. The van der Waals surface area contributed by atoms with Crippen LogP contribution in [0, 0.1) is 13.8 Å². The van der Waals surface area contributed by atoms with E-state index in [2.05, 4.69) is 66.6 Å². The highest BCUT2D eigenvalue weighted by atomic mass is 14.9. The highest BCUT2D eigenvalue weighted by Crippen LogP contribution is 2.29. The van der Waals surface area contributed by atoms with Crippen LogP contribution in [-0.2, 0) is 0 Å². The molecule has 1 atom stereocenters. The lowest BCUT2D eigenvalue weighted by Gasteiger charge is -2.20. The van der Waals surface area contributed by atoms with E-state index in [4.69, 9.17) is 0 Å². The monoisotopic (exact) mass is 276 g/mol. The second kappa shape index (κ2) is 5.66. The summed E-state index contributed by atoms with van der Waals surface area (Å²) in [4.78, 5) is 4.22. The Hall–Kier alpha value is -2.19. The fraction of sp³-hybridized carbons (Fsp3) is 0.211. The highest BCUT2D eigenvalue weighted by Gasteiger charge is 2.15. The lowest BCUT2D eigenvalue weighted by atomic mass is 9.93. The minimum atomic E-state index is 0.190. The number of nitrogens with one attached hydrogen (secondary N) is 1. The third-order valence-electron chi connectivity index (χ3n) is 4.18. The van der Waals surface area contributed by atoms with Crippen LogP contribution in [0.2, 0.25) is 0 Å². The van der Waals surface area contributed by atoms with Crippen LogP contribution in [0.3, 0.4) is 0 Å². The lowest BCUT2D eigenvalue weighted by Crippen LogP contribution is -2.18. The predicted octanol–water partition coefficient (Wildman–Crippen LogP) is 4.16. The molecule has 0 radical (unpaired) electrons. The standard InChI is InChI=1S/C19H20N2/c1-13-7-8-15(11-14(13)2)19(20-3)18-6-4-5-16-12-21-10-9-17(16)18/h4-12,19-20H,1-3H3. The summed E-state index contributed by atoms with van der Waals surface area (Å²) in [5, 5.41) is 5.89. The molecule has 0 spiro atoms. The first-order valence-electron chi connectivity index (χ1n) is 7.28. The Morgan fingerprint density at radius 2 is 1.86 bits per heavy atom. The molecule has 0 bridgehead atoms. The molecular weight excluding hydrogens is 256 g/mol. The quantitative estimate of drug-likeness (QED) is 0.777. The first kappa shape index (κ1) is 13.8. The summed E-state index contributed by atoms with van der Waals surface area (Å²) < 4.78 is 0. The van der Waals surface area contributed by atoms with Crippen molar-refractivity contribution in [1.82, 2.24) is 10.3 Å². The number of benzene rings is 2. The molecule has 3 aromatic rings. The zero-order chi connectivity index (χ0) is 14.8. The third-order valence-corrected chi connectivity index (χ3v) is 4.18. The van der Waals surface area contributed by atoms with Gasteiger partial charge in [0.1, 0.15) is 0 Å². The summed E-state index contributed by atoms with van der Waals surface area (Å²) in [6, 6.07) is 15.4. The molecule has 2 aromatic carbocycles. The second-order valence-corrected chi connectivity index (χ2v) is 5.51. The van der Waals surface area contributed by atoms with Crippen LogP contribution >= 0.6 is 0 Å². The lowest BCUT2D eigenvalue weighted by molar-refractivity contribution is 0.696. The fourth-order valence-corrected chi connectivity index (χ4v) is 2.85. The molecule has 0 amide bonds. The average molecular weight is 276 g/mol. The van der Waals surface area contributed by atoms with Crippen molar-refractivity contribution in [1.29, 1.82) is 0 Å². The molecule has 0 saturated carbocycles. The molecule has 1 heterocycles. The number of aryl methyl sites for hydroxylation is 2. The van der Waals surface area contributed by atoms with Crippen LogP contribution in [0.15, 0.2) is 54.9 Å². The Kier molecular flexibility index (Phi) is 3.72. The van der Waals surface area contributed by atoms with Gasteiger partial charge in [-0.2, -0.15) is 0 Å². The molecule has 2 heteroatoms. The number of rotatable bonds is 3. The van der Waals surface area contributed by atoms with Crippen LogP contribution in [0.25, 0.3) is 10.8 Å². The number of pyridine rings is 1. The SMILES string of the molecule is CNC(c1ccc(C)c(C)c1)c1cccc2cnccc12. The van der Waals surface area contributed by atoms with E-state index in [-0.39, 0.29) is 6.04 Å². The molecule has 21 heavy (non-hydrogen) atoms. The van der Waals surface area contributed by atoms with Gasteiger partial charge in [-0.05, 0) is 54.6 Å². The van der Waals surface area contributed by atoms with Crippen molar-refractivity contribution in [2.75, 3.05) is 7.05 Å². The number of fused-ring (bicyclic) bond motifs is 1. The molecule has 1 aromatic heterocycles. The van der Waals surface area contributed by atoms with Gasteiger partial charge in [0.15, 0.2) is 0 Å². The van der Waals surface area contributed by atoms with Gasteiger partial charge in [-0.1, -0.05) is 36.4 Å². The minimum Gasteiger partial charge on any atom is -0.309 e. The smallest absolute Gasteiger partial charge is 0.0580 e. The van der Waals surface area contributed by atoms with Crippen LogP contribution in [0.5, 0.6) is 0 Å². The second-order valence-electron chi connectivity index (χ2n) is 5.51. The number of hydrogen-bond acceptors (Lipinski definition) is 2. The van der Waals surface area contributed by atoms with Gasteiger partial charge in [-0.15, -0.1) is 0 Å². The first-order valence-corrected chi connectivity index (χ1v) is 7.28. The van der Waals surface area contributed by atoms with E-state index in [0.717, 1.165) is 0 Å².